The number of carbonyl (C=O) groups is 1. The van der Waals surface area contributed by atoms with E-state index in [9.17, 15) is 4.79 Å². The largest absolute Gasteiger partial charge is 0.332 e. The lowest BCUT2D eigenvalue weighted by Gasteiger charge is -2.11. The molecule has 21 heavy (non-hydrogen) atoms. The minimum atomic E-state index is -0.205. The van der Waals surface area contributed by atoms with Crippen molar-refractivity contribution in [1.82, 2.24) is 5.32 Å². The highest BCUT2D eigenvalue weighted by molar-refractivity contribution is 7.80. The van der Waals surface area contributed by atoms with Crippen molar-refractivity contribution in [3.63, 3.8) is 0 Å². The van der Waals surface area contributed by atoms with Crippen molar-refractivity contribution in [2.24, 2.45) is 0 Å². The average molecular weight is 298 g/mol. The first-order chi connectivity index (χ1) is 10.1. The van der Waals surface area contributed by atoms with Gasteiger partial charge in [-0.15, -0.1) is 0 Å². The van der Waals surface area contributed by atoms with Crippen LogP contribution >= 0.6 is 12.2 Å². The zero-order valence-electron chi connectivity index (χ0n) is 12.1. The van der Waals surface area contributed by atoms with Crippen LogP contribution in [0.5, 0.6) is 0 Å². The Kier molecular flexibility index (Phi) is 5.06. The van der Waals surface area contributed by atoms with Crippen LogP contribution in [0.4, 0.5) is 5.69 Å². The number of hydrogen-bond acceptors (Lipinski definition) is 2. The molecular weight excluding hydrogens is 280 g/mol. The molecule has 0 fully saturated rings. The monoisotopic (exact) mass is 298 g/mol. The van der Waals surface area contributed by atoms with E-state index in [1.165, 1.54) is 5.56 Å². The van der Waals surface area contributed by atoms with Crippen molar-refractivity contribution in [1.29, 1.82) is 0 Å². The number of rotatable bonds is 3. The Bertz CT molecular complexity index is 650. The fraction of sp³-hybridized carbons (Fsp3) is 0.176. The van der Waals surface area contributed by atoms with Crippen LogP contribution in [0.3, 0.4) is 0 Å². The second kappa shape index (κ2) is 6.99. The molecule has 0 aliphatic carbocycles. The number of carbonyl (C=O) groups excluding carboxylic acids is 1. The van der Waals surface area contributed by atoms with Crippen molar-refractivity contribution in [3.05, 3.63) is 65.2 Å². The van der Waals surface area contributed by atoms with E-state index in [4.69, 9.17) is 12.2 Å². The maximum Gasteiger partial charge on any atom is 0.257 e. The second-order valence-corrected chi connectivity index (χ2v) is 5.18. The summed E-state index contributed by atoms with van der Waals surface area (Å²) < 4.78 is 0. The summed E-state index contributed by atoms with van der Waals surface area (Å²) in [4.78, 5) is 12.1. The standard InChI is InChI=1S/C17H18N2OS/c1-3-13-8-10-14(11-9-13)16(20)19-17(21)18-15-7-5-4-6-12(15)2/h4-11H,3H2,1-2H3,(H2,18,19,20,21). The highest BCUT2D eigenvalue weighted by Gasteiger charge is 2.08. The zero-order valence-corrected chi connectivity index (χ0v) is 13.0. The summed E-state index contributed by atoms with van der Waals surface area (Å²) in [6.07, 6.45) is 0.954. The molecule has 4 heteroatoms. The molecule has 0 unspecified atom stereocenters. The van der Waals surface area contributed by atoms with Crippen molar-refractivity contribution in [3.8, 4) is 0 Å². The first-order valence-corrected chi connectivity index (χ1v) is 7.28. The maximum absolute atomic E-state index is 12.1. The number of anilines is 1. The minimum absolute atomic E-state index is 0.205. The summed E-state index contributed by atoms with van der Waals surface area (Å²) in [7, 11) is 0. The summed E-state index contributed by atoms with van der Waals surface area (Å²) in [6, 6.07) is 15.3. The lowest BCUT2D eigenvalue weighted by Crippen LogP contribution is -2.34. The van der Waals surface area contributed by atoms with E-state index in [-0.39, 0.29) is 5.91 Å². The van der Waals surface area contributed by atoms with Crippen LogP contribution in [-0.4, -0.2) is 11.0 Å². The van der Waals surface area contributed by atoms with Gasteiger partial charge in [0.05, 0.1) is 0 Å². The molecule has 0 aliphatic heterocycles. The van der Waals surface area contributed by atoms with Crippen molar-refractivity contribution < 1.29 is 4.79 Å². The highest BCUT2D eigenvalue weighted by atomic mass is 32.1. The Balaban J connectivity index is 1.98. The molecule has 0 heterocycles. The number of hydrogen-bond donors (Lipinski definition) is 2. The van der Waals surface area contributed by atoms with Gasteiger partial charge in [0.1, 0.15) is 0 Å². The van der Waals surface area contributed by atoms with E-state index in [1.54, 1.807) is 0 Å². The molecule has 1 amide bonds. The maximum atomic E-state index is 12.1. The highest BCUT2D eigenvalue weighted by Crippen LogP contribution is 2.13. The average Bonchev–Trinajstić information content (AvgIpc) is 2.49. The van der Waals surface area contributed by atoms with E-state index in [1.807, 2.05) is 55.5 Å². The summed E-state index contributed by atoms with van der Waals surface area (Å²) in [5.41, 5.74) is 3.76. The third-order valence-electron chi connectivity index (χ3n) is 3.24. The summed E-state index contributed by atoms with van der Waals surface area (Å²) in [5.74, 6) is -0.205. The molecule has 0 atom stereocenters. The molecule has 0 bridgehead atoms. The topological polar surface area (TPSA) is 41.1 Å². The van der Waals surface area contributed by atoms with E-state index in [0.717, 1.165) is 17.7 Å². The Labute approximate surface area is 130 Å². The van der Waals surface area contributed by atoms with Gasteiger partial charge in [-0.25, -0.2) is 0 Å². The number of benzene rings is 2. The summed E-state index contributed by atoms with van der Waals surface area (Å²) in [5, 5.41) is 6.02. The smallest absolute Gasteiger partial charge is 0.257 e. The van der Waals surface area contributed by atoms with Crippen LogP contribution in [0.2, 0.25) is 0 Å². The summed E-state index contributed by atoms with van der Waals surface area (Å²) >= 11 is 5.18. The quantitative estimate of drug-likeness (QED) is 0.849. The fourth-order valence-corrected chi connectivity index (χ4v) is 2.14. The number of amides is 1. The van der Waals surface area contributed by atoms with Gasteiger partial charge in [-0.05, 0) is 54.9 Å². The molecule has 2 aromatic rings. The lowest BCUT2D eigenvalue weighted by atomic mass is 10.1. The molecule has 2 N–H and O–H groups in total. The second-order valence-electron chi connectivity index (χ2n) is 4.77. The van der Waals surface area contributed by atoms with Gasteiger partial charge >= 0.3 is 0 Å². The van der Waals surface area contributed by atoms with Gasteiger partial charge in [0.25, 0.3) is 5.91 Å². The molecule has 2 aromatic carbocycles. The van der Waals surface area contributed by atoms with Crippen LogP contribution in [0.1, 0.15) is 28.4 Å². The Morgan fingerprint density at radius 1 is 1.10 bits per heavy atom. The van der Waals surface area contributed by atoms with E-state index in [0.29, 0.717) is 10.7 Å². The van der Waals surface area contributed by atoms with E-state index < -0.39 is 0 Å². The Morgan fingerprint density at radius 2 is 1.76 bits per heavy atom. The minimum Gasteiger partial charge on any atom is -0.332 e. The van der Waals surface area contributed by atoms with Gasteiger partial charge in [0.2, 0.25) is 0 Å². The third kappa shape index (κ3) is 4.13. The predicted octanol–water partition coefficient (Wildman–Crippen LogP) is 3.68. The van der Waals surface area contributed by atoms with Gasteiger partial charge in [0, 0.05) is 11.3 Å². The molecule has 108 valence electrons. The molecule has 0 aromatic heterocycles. The van der Waals surface area contributed by atoms with Crippen molar-refractivity contribution in [2.75, 3.05) is 5.32 Å². The molecule has 2 rings (SSSR count). The molecular formula is C17H18N2OS. The van der Waals surface area contributed by atoms with Gasteiger partial charge in [-0.2, -0.15) is 0 Å². The van der Waals surface area contributed by atoms with Crippen LogP contribution in [-0.2, 0) is 6.42 Å². The van der Waals surface area contributed by atoms with Crippen molar-refractivity contribution in [2.45, 2.75) is 20.3 Å². The first kappa shape index (κ1) is 15.2. The van der Waals surface area contributed by atoms with Crippen LogP contribution in [0.25, 0.3) is 0 Å². The first-order valence-electron chi connectivity index (χ1n) is 6.87. The number of aryl methyl sites for hydroxylation is 2. The predicted molar refractivity (Wildman–Crippen MR) is 90.7 cm³/mol. The molecule has 3 nitrogen and oxygen atoms in total. The van der Waals surface area contributed by atoms with Gasteiger partial charge in [-0.1, -0.05) is 37.3 Å². The number of nitrogens with one attached hydrogen (secondary N) is 2. The zero-order chi connectivity index (χ0) is 15.2. The Hall–Kier alpha value is -2.20. The SMILES string of the molecule is CCc1ccc(C(=O)NC(=S)Nc2ccccc2C)cc1. The third-order valence-corrected chi connectivity index (χ3v) is 3.45. The Morgan fingerprint density at radius 3 is 2.38 bits per heavy atom. The molecule has 0 saturated carbocycles. The molecule has 0 aliphatic rings. The van der Waals surface area contributed by atoms with Gasteiger partial charge < -0.3 is 5.32 Å². The van der Waals surface area contributed by atoms with Crippen molar-refractivity contribution >= 4 is 28.9 Å². The fourth-order valence-electron chi connectivity index (χ4n) is 1.93. The van der Waals surface area contributed by atoms with Crippen LogP contribution in [0, 0.1) is 6.92 Å². The molecule has 0 saturated heterocycles. The number of thiocarbonyl (C=S) groups is 1. The van der Waals surface area contributed by atoms with Gasteiger partial charge in [0.15, 0.2) is 5.11 Å². The summed E-state index contributed by atoms with van der Waals surface area (Å²) in [6.45, 7) is 4.06. The molecule has 0 radical (unpaired) electrons. The lowest BCUT2D eigenvalue weighted by molar-refractivity contribution is 0.0977. The normalized spacial score (nSPS) is 10.0. The molecule has 0 spiro atoms. The van der Waals surface area contributed by atoms with Crippen LogP contribution in [0.15, 0.2) is 48.5 Å². The van der Waals surface area contributed by atoms with Gasteiger partial charge in [-0.3, -0.25) is 10.1 Å². The van der Waals surface area contributed by atoms with E-state index >= 15 is 0 Å². The van der Waals surface area contributed by atoms with E-state index in [2.05, 4.69) is 17.6 Å². The van der Waals surface area contributed by atoms with Crippen LogP contribution < -0.4 is 10.6 Å². The number of para-hydroxylation sites is 1.